The van der Waals surface area contributed by atoms with Crippen LogP contribution in [0.2, 0.25) is 0 Å². The SMILES string of the molecule is C[N+]1(C)[C@@H]2C[C@@H](OC(=O)Nc3ccc(CCCC(=O)Nc4ccc(CNC[C@H](O)c5ccc(O)c6[nH]c(=O)ccc56)cc4)cc3-c3ccccc3)C[C@H]1[C@@H]1O[C@@H]12. The van der Waals surface area contributed by atoms with Gasteiger partial charge < -0.3 is 39.8 Å². The molecule has 4 aromatic carbocycles. The molecule has 3 aliphatic rings. The Morgan fingerprint density at radius 1 is 0.911 bits per heavy atom. The second-order valence-electron chi connectivity index (χ2n) is 15.7. The highest BCUT2D eigenvalue weighted by Crippen LogP contribution is 2.51. The van der Waals surface area contributed by atoms with Crippen molar-refractivity contribution in [3.8, 4) is 16.9 Å². The van der Waals surface area contributed by atoms with Crippen LogP contribution in [0.15, 0.2) is 102 Å². The molecule has 0 saturated carbocycles. The predicted octanol–water partition coefficient (Wildman–Crippen LogP) is 5.99. The molecule has 5 aromatic rings. The molecule has 3 aliphatic heterocycles. The number of morpholine rings is 1. The lowest BCUT2D eigenvalue weighted by atomic mass is 9.96. The number of aromatic nitrogens is 1. The van der Waals surface area contributed by atoms with Gasteiger partial charge in [-0.25, -0.2) is 4.79 Å². The first-order chi connectivity index (χ1) is 27.0. The molecule has 1 aromatic heterocycles. The maximum Gasteiger partial charge on any atom is 0.411 e. The molecule has 3 saturated heterocycles. The number of pyridine rings is 1. The summed E-state index contributed by atoms with van der Waals surface area (Å²) in [6.45, 7) is 0.751. The number of fused-ring (bicyclic) bond motifs is 6. The number of aliphatic hydroxyl groups is 1. The number of H-pyrrole nitrogens is 1. The van der Waals surface area contributed by atoms with E-state index in [1.165, 1.54) is 12.1 Å². The number of phenols is 1. The first-order valence-corrected chi connectivity index (χ1v) is 19.3. The average molecular weight is 759 g/mol. The van der Waals surface area contributed by atoms with E-state index in [0.29, 0.717) is 77.9 Å². The molecule has 6 N–H and O–H groups in total. The summed E-state index contributed by atoms with van der Waals surface area (Å²) >= 11 is 0. The van der Waals surface area contributed by atoms with E-state index >= 15 is 0 Å². The Balaban J connectivity index is 0.807. The van der Waals surface area contributed by atoms with Crippen molar-refractivity contribution in [2.24, 2.45) is 0 Å². The smallest absolute Gasteiger partial charge is 0.411 e. The minimum atomic E-state index is -0.860. The molecule has 0 radical (unpaired) electrons. The molecule has 6 atom stereocenters. The number of ether oxygens (including phenoxy) is 2. The van der Waals surface area contributed by atoms with Crippen LogP contribution in [0, 0.1) is 0 Å². The van der Waals surface area contributed by atoms with Crippen LogP contribution < -0.4 is 21.5 Å². The number of amides is 2. The van der Waals surface area contributed by atoms with Crippen molar-refractivity contribution in [1.82, 2.24) is 10.3 Å². The van der Waals surface area contributed by atoms with Crippen LogP contribution in [-0.2, 0) is 27.2 Å². The molecule has 0 aliphatic carbocycles. The number of carbonyl (C=O) groups is 2. The number of likely N-dealkylation sites (N-methyl/N-ethyl adjacent to an activating group) is 1. The van der Waals surface area contributed by atoms with Crippen molar-refractivity contribution in [3.05, 3.63) is 124 Å². The van der Waals surface area contributed by atoms with Gasteiger partial charge in [0, 0.05) is 55.1 Å². The molecule has 3 fully saturated rings. The van der Waals surface area contributed by atoms with E-state index < -0.39 is 12.2 Å². The molecule has 8 rings (SSSR count). The van der Waals surface area contributed by atoms with Gasteiger partial charge in [-0.3, -0.25) is 14.9 Å². The quantitative estimate of drug-likeness (QED) is 0.0630. The average Bonchev–Trinajstić information content (AvgIpc) is 3.96. The first kappa shape index (κ1) is 37.4. The number of aliphatic hydroxyl groups excluding tert-OH is 1. The Bertz CT molecular complexity index is 2270. The van der Waals surface area contributed by atoms with Gasteiger partial charge >= 0.3 is 6.09 Å². The van der Waals surface area contributed by atoms with Gasteiger partial charge in [0.1, 0.15) is 36.1 Å². The highest BCUT2D eigenvalue weighted by atomic mass is 16.6. The number of piperidine rings is 1. The van der Waals surface area contributed by atoms with E-state index in [4.69, 9.17) is 9.47 Å². The lowest BCUT2D eigenvalue weighted by Crippen LogP contribution is -2.60. The zero-order valence-corrected chi connectivity index (χ0v) is 31.5. The van der Waals surface area contributed by atoms with Crippen LogP contribution >= 0.6 is 0 Å². The number of quaternary nitrogens is 1. The van der Waals surface area contributed by atoms with Gasteiger partial charge in [0.2, 0.25) is 11.5 Å². The molecule has 4 heterocycles. The molecule has 290 valence electrons. The third kappa shape index (κ3) is 7.92. The number of aryl methyl sites for hydroxylation is 1. The fourth-order valence-electron chi connectivity index (χ4n) is 8.70. The van der Waals surface area contributed by atoms with E-state index in [2.05, 4.69) is 41.1 Å². The summed E-state index contributed by atoms with van der Waals surface area (Å²) in [6.07, 6.45) is 2.45. The van der Waals surface area contributed by atoms with E-state index in [1.807, 2.05) is 66.7 Å². The zero-order valence-electron chi connectivity index (χ0n) is 31.5. The Morgan fingerprint density at radius 3 is 2.39 bits per heavy atom. The number of phenolic OH excluding ortho intramolecular Hbond substituents is 1. The first-order valence-electron chi connectivity index (χ1n) is 19.3. The van der Waals surface area contributed by atoms with Crippen molar-refractivity contribution in [3.63, 3.8) is 0 Å². The Morgan fingerprint density at radius 2 is 1.64 bits per heavy atom. The monoisotopic (exact) mass is 758 g/mol. The number of aromatic hydroxyl groups is 1. The van der Waals surface area contributed by atoms with Crippen LogP contribution in [0.1, 0.15) is 48.5 Å². The highest BCUT2D eigenvalue weighted by molar-refractivity contribution is 5.92. The molecule has 56 heavy (non-hydrogen) atoms. The lowest BCUT2D eigenvalue weighted by molar-refractivity contribution is -0.938. The van der Waals surface area contributed by atoms with Crippen molar-refractivity contribution >= 4 is 34.3 Å². The number of epoxide rings is 1. The molecular formula is C44H48N5O7+. The number of hydrogen-bond donors (Lipinski definition) is 6. The zero-order chi connectivity index (χ0) is 39.0. The van der Waals surface area contributed by atoms with Crippen molar-refractivity contribution in [2.45, 2.75) is 75.1 Å². The number of rotatable bonds is 13. The van der Waals surface area contributed by atoms with Crippen molar-refractivity contribution < 1.29 is 33.8 Å². The molecule has 0 unspecified atom stereocenters. The summed E-state index contributed by atoms with van der Waals surface area (Å²) in [7, 11) is 4.51. The summed E-state index contributed by atoms with van der Waals surface area (Å²) in [5.41, 5.74) is 5.87. The maximum absolute atomic E-state index is 13.2. The van der Waals surface area contributed by atoms with Gasteiger partial charge in [-0.2, -0.15) is 0 Å². The van der Waals surface area contributed by atoms with Gasteiger partial charge in [-0.05, 0) is 71.5 Å². The molecule has 12 nitrogen and oxygen atoms in total. The fourth-order valence-corrected chi connectivity index (χ4v) is 8.70. The van der Waals surface area contributed by atoms with Crippen molar-refractivity contribution in [2.75, 3.05) is 31.3 Å². The number of carbonyl (C=O) groups excluding carboxylic acids is 2. The number of hydrogen-bond acceptors (Lipinski definition) is 8. The Hall–Kier alpha value is -5.53. The van der Waals surface area contributed by atoms with E-state index in [-0.39, 0.29) is 29.9 Å². The van der Waals surface area contributed by atoms with Crippen molar-refractivity contribution in [1.29, 1.82) is 0 Å². The summed E-state index contributed by atoms with van der Waals surface area (Å²) in [5.74, 6) is -0.129. The van der Waals surface area contributed by atoms with Gasteiger partial charge in [0.05, 0.1) is 31.4 Å². The number of anilines is 2. The topological polar surface area (TPSA) is 165 Å². The van der Waals surface area contributed by atoms with Crippen LogP contribution in [-0.4, -0.2) is 82.7 Å². The highest BCUT2D eigenvalue weighted by Gasteiger charge is 2.70. The number of nitrogens with one attached hydrogen (secondary N) is 4. The van der Waals surface area contributed by atoms with Crippen LogP contribution in [0.25, 0.3) is 22.0 Å². The predicted molar refractivity (Wildman–Crippen MR) is 214 cm³/mol. The fraction of sp³-hybridized carbons (Fsp3) is 0.341. The van der Waals surface area contributed by atoms with Crippen LogP contribution in [0.4, 0.5) is 16.2 Å². The molecular weight excluding hydrogens is 711 g/mol. The number of nitrogens with zero attached hydrogens (tertiary/aromatic N) is 1. The van der Waals surface area contributed by atoms with Crippen LogP contribution in [0.5, 0.6) is 5.75 Å². The minimum absolute atomic E-state index is 0.0528. The molecule has 2 bridgehead atoms. The Labute approximate surface area is 325 Å². The van der Waals surface area contributed by atoms with E-state index in [0.717, 1.165) is 39.6 Å². The largest absolute Gasteiger partial charge is 0.506 e. The summed E-state index contributed by atoms with van der Waals surface area (Å²) < 4.78 is 12.8. The van der Waals surface area contributed by atoms with Gasteiger partial charge in [0.25, 0.3) is 0 Å². The number of benzene rings is 4. The molecule has 12 heteroatoms. The maximum atomic E-state index is 13.2. The Kier molecular flexibility index (Phi) is 10.4. The van der Waals surface area contributed by atoms with E-state index in [9.17, 15) is 24.6 Å². The summed E-state index contributed by atoms with van der Waals surface area (Å²) in [6, 6.07) is 30.3. The number of aromatic amines is 1. The second-order valence-corrected chi connectivity index (χ2v) is 15.7. The van der Waals surface area contributed by atoms with Crippen LogP contribution in [0.3, 0.4) is 0 Å². The normalized spacial score (nSPS) is 22.2. The summed E-state index contributed by atoms with van der Waals surface area (Å²) in [4.78, 5) is 40.4. The van der Waals surface area contributed by atoms with Gasteiger partial charge in [-0.1, -0.05) is 54.6 Å². The minimum Gasteiger partial charge on any atom is -0.506 e. The molecule has 0 spiro atoms. The second kappa shape index (κ2) is 15.5. The summed E-state index contributed by atoms with van der Waals surface area (Å²) in [5, 5.41) is 30.8. The van der Waals surface area contributed by atoms with E-state index in [1.54, 1.807) is 12.1 Å². The lowest BCUT2D eigenvalue weighted by Gasteiger charge is -2.45. The third-order valence-electron chi connectivity index (χ3n) is 11.8. The third-order valence-corrected chi connectivity index (χ3v) is 11.8. The standard InChI is InChI=1S/C44H47N5O7/c1-49(2)35-22-30(23-36(49)43-42(35)56-43)55-44(54)47-34-18-13-26(21-33(34)28-8-4-3-5-9-28)7-6-10-39(52)46-29-14-11-27(12-15-29)24-45-25-38(51)31-16-19-37(50)41-32(31)17-20-40(53)48-41/h3-5,8-9,11-21,30,35-36,38,42-43,45,51H,6-7,10,22-25H2,1-2H3,(H3-,46,47,48,50,52,53,54)/p+1/t30-,35-,36+,38-,42-,43+/m0/s1. The molecule has 2 amide bonds. The van der Waals surface area contributed by atoms with Gasteiger partial charge in [0.15, 0.2) is 0 Å². The van der Waals surface area contributed by atoms with Gasteiger partial charge in [-0.15, -0.1) is 0 Å².